The number of aryl methyl sites for hydroxylation is 1. The molecule has 100 valence electrons. The molecule has 2 nitrogen and oxygen atoms in total. The van der Waals surface area contributed by atoms with E-state index in [1.165, 1.54) is 10.5 Å². The Kier molecular flexibility index (Phi) is 4.30. The normalized spacial score (nSPS) is 19.3. The number of hydrogen-bond donors (Lipinski definition) is 2. The molecule has 2 N–H and O–H groups in total. The number of alkyl halides is 1. The van der Waals surface area contributed by atoms with Gasteiger partial charge in [-0.1, -0.05) is 19.1 Å². The highest BCUT2D eigenvalue weighted by molar-refractivity contribution is 7.99. The van der Waals surface area contributed by atoms with Crippen LogP contribution in [-0.4, -0.2) is 30.1 Å². The first-order chi connectivity index (χ1) is 8.61. The van der Waals surface area contributed by atoms with Gasteiger partial charge in [0.05, 0.1) is 0 Å². The first kappa shape index (κ1) is 13.8. The Balaban J connectivity index is 2.32. The van der Waals surface area contributed by atoms with Gasteiger partial charge in [0.1, 0.15) is 12.3 Å². The van der Waals surface area contributed by atoms with Crippen LogP contribution in [0.15, 0.2) is 23.1 Å². The minimum Gasteiger partial charge on any atom is -0.381 e. The highest BCUT2D eigenvalue weighted by Crippen LogP contribution is 2.35. The molecule has 0 aliphatic carbocycles. The van der Waals surface area contributed by atoms with Gasteiger partial charge in [-0.05, 0) is 37.1 Å². The third-order valence-corrected chi connectivity index (χ3v) is 4.74. The summed E-state index contributed by atoms with van der Waals surface area (Å²) in [5.41, 5.74) is 0.478. The van der Waals surface area contributed by atoms with E-state index >= 15 is 0 Å². The maximum Gasteiger partial charge on any atom is 0.133 e. The molecule has 2 unspecified atom stereocenters. The Hall–Kier alpha value is -0.580. The molecule has 1 aromatic carbocycles. The lowest BCUT2D eigenvalue weighted by Gasteiger charge is -2.33. The van der Waals surface area contributed by atoms with Gasteiger partial charge in [0.2, 0.25) is 0 Å². The molecule has 2 rings (SSSR count). The van der Waals surface area contributed by atoms with E-state index in [0.29, 0.717) is 12.1 Å². The molecule has 0 radical (unpaired) electrons. The van der Waals surface area contributed by atoms with Crippen LogP contribution in [0.2, 0.25) is 0 Å². The number of fused-ring (bicyclic) bond motifs is 1. The summed E-state index contributed by atoms with van der Waals surface area (Å²) in [7, 11) is 0. The molecule has 0 aromatic heterocycles. The number of halogens is 1. The smallest absolute Gasteiger partial charge is 0.133 e. The third kappa shape index (κ3) is 2.42. The number of likely N-dealkylation sites (N-methyl/N-ethyl adjacent to an activating group) is 1. The highest BCUT2D eigenvalue weighted by atomic mass is 32.2. The van der Waals surface area contributed by atoms with Crippen LogP contribution < -0.4 is 5.32 Å². The number of nitrogens with one attached hydrogen (secondary N) is 1. The summed E-state index contributed by atoms with van der Waals surface area (Å²) in [5.74, 6) is 1.08. The van der Waals surface area contributed by atoms with E-state index in [0.717, 1.165) is 12.2 Å². The molecule has 0 spiro atoms. The van der Waals surface area contributed by atoms with Gasteiger partial charge in [-0.2, -0.15) is 0 Å². The summed E-state index contributed by atoms with van der Waals surface area (Å²) in [6, 6.07) is 5.51. The second-order valence-electron chi connectivity index (χ2n) is 4.76. The quantitative estimate of drug-likeness (QED) is 0.861. The monoisotopic (exact) mass is 269 g/mol. The van der Waals surface area contributed by atoms with Gasteiger partial charge < -0.3 is 10.4 Å². The van der Waals surface area contributed by atoms with Crippen molar-refractivity contribution >= 4 is 11.8 Å². The molecule has 0 saturated heterocycles. The second-order valence-corrected chi connectivity index (χ2v) is 5.89. The number of hydrogen-bond acceptors (Lipinski definition) is 3. The first-order valence-corrected chi connectivity index (χ1v) is 7.38. The summed E-state index contributed by atoms with van der Waals surface area (Å²) in [4.78, 5) is 1.26. The van der Waals surface area contributed by atoms with Crippen LogP contribution in [0.1, 0.15) is 25.0 Å². The molecular weight excluding hydrogens is 249 g/mol. The summed E-state index contributed by atoms with van der Waals surface area (Å²) < 4.78 is 13.4. The predicted octanol–water partition coefficient (Wildman–Crippen LogP) is 2.49. The molecule has 0 amide bonds. The summed E-state index contributed by atoms with van der Waals surface area (Å²) in [6.45, 7) is 3.72. The summed E-state index contributed by atoms with van der Waals surface area (Å²) in [5, 5.41) is 13.7. The molecule has 0 bridgehead atoms. The van der Waals surface area contributed by atoms with Crippen LogP contribution in [0.25, 0.3) is 0 Å². The molecular formula is C14H20FNOS. The number of rotatable bonds is 5. The van der Waals surface area contributed by atoms with Crippen LogP contribution >= 0.6 is 11.8 Å². The maximum atomic E-state index is 13.4. The van der Waals surface area contributed by atoms with E-state index in [1.807, 2.05) is 43.8 Å². The molecule has 4 heteroatoms. The molecule has 18 heavy (non-hydrogen) atoms. The summed E-state index contributed by atoms with van der Waals surface area (Å²) >= 11 is 1.82. The van der Waals surface area contributed by atoms with Gasteiger partial charge in [-0.25, -0.2) is 4.39 Å². The van der Waals surface area contributed by atoms with E-state index in [1.54, 1.807) is 0 Å². The predicted molar refractivity (Wildman–Crippen MR) is 73.9 cm³/mol. The van der Waals surface area contributed by atoms with E-state index in [-0.39, 0.29) is 6.04 Å². The minimum atomic E-state index is -1.43. The number of aliphatic hydroxyl groups is 1. The van der Waals surface area contributed by atoms with Crippen molar-refractivity contribution in [3.8, 4) is 0 Å². The standard InChI is InChI=1S/C14H20FNOS/c1-3-16-10(2)14(17,9-15)12-4-5-13-11(8-12)6-7-18-13/h4-5,8,10,16-17H,3,6-7,9H2,1-2H3. The van der Waals surface area contributed by atoms with Gasteiger partial charge in [0.25, 0.3) is 0 Å². The van der Waals surface area contributed by atoms with Crippen molar-refractivity contribution in [2.45, 2.75) is 36.8 Å². The fraction of sp³-hybridized carbons (Fsp3) is 0.571. The largest absolute Gasteiger partial charge is 0.381 e. The van der Waals surface area contributed by atoms with Crippen LogP contribution in [0.3, 0.4) is 0 Å². The van der Waals surface area contributed by atoms with Crippen molar-refractivity contribution in [3.05, 3.63) is 29.3 Å². The van der Waals surface area contributed by atoms with Crippen molar-refractivity contribution in [3.63, 3.8) is 0 Å². The Morgan fingerprint density at radius 1 is 1.56 bits per heavy atom. The Morgan fingerprint density at radius 2 is 2.33 bits per heavy atom. The van der Waals surface area contributed by atoms with E-state index in [2.05, 4.69) is 5.32 Å². The van der Waals surface area contributed by atoms with Crippen molar-refractivity contribution in [1.29, 1.82) is 0 Å². The molecule has 1 aliphatic heterocycles. The lowest BCUT2D eigenvalue weighted by Crippen LogP contribution is -2.48. The van der Waals surface area contributed by atoms with Gasteiger partial charge in [-0.3, -0.25) is 0 Å². The van der Waals surface area contributed by atoms with Crippen LogP contribution in [0.4, 0.5) is 4.39 Å². The lowest BCUT2D eigenvalue weighted by atomic mass is 9.87. The zero-order valence-electron chi connectivity index (χ0n) is 10.9. The lowest BCUT2D eigenvalue weighted by molar-refractivity contribution is -0.0191. The topological polar surface area (TPSA) is 32.3 Å². The maximum absolute atomic E-state index is 13.4. The average Bonchev–Trinajstić information content (AvgIpc) is 2.85. The van der Waals surface area contributed by atoms with E-state index in [4.69, 9.17) is 0 Å². The molecule has 1 heterocycles. The average molecular weight is 269 g/mol. The fourth-order valence-electron chi connectivity index (χ4n) is 2.37. The van der Waals surface area contributed by atoms with Crippen LogP contribution in [-0.2, 0) is 12.0 Å². The Bertz CT molecular complexity index is 426. The number of benzene rings is 1. The molecule has 2 atom stereocenters. The van der Waals surface area contributed by atoms with E-state index in [9.17, 15) is 9.50 Å². The zero-order valence-corrected chi connectivity index (χ0v) is 11.7. The van der Waals surface area contributed by atoms with Crippen molar-refractivity contribution in [1.82, 2.24) is 5.32 Å². The second kappa shape index (κ2) is 5.59. The minimum absolute atomic E-state index is 0.306. The van der Waals surface area contributed by atoms with Gasteiger partial charge in [0.15, 0.2) is 0 Å². The first-order valence-electron chi connectivity index (χ1n) is 6.39. The van der Waals surface area contributed by atoms with Gasteiger partial charge in [0, 0.05) is 16.7 Å². The fourth-order valence-corrected chi connectivity index (χ4v) is 3.43. The van der Waals surface area contributed by atoms with Crippen LogP contribution in [0, 0.1) is 0 Å². The molecule has 1 aromatic rings. The van der Waals surface area contributed by atoms with Crippen molar-refractivity contribution in [2.75, 3.05) is 19.0 Å². The number of thioether (sulfide) groups is 1. The Labute approximate surface area is 112 Å². The SMILES string of the molecule is CCNC(C)C(O)(CF)c1ccc2c(c1)CCS2. The van der Waals surface area contributed by atoms with Crippen LogP contribution in [0.5, 0.6) is 0 Å². The molecule has 0 fully saturated rings. The zero-order chi connectivity index (χ0) is 13.2. The third-order valence-electron chi connectivity index (χ3n) is 3.62. The Morgan fingerprint density at radius 3 is 3.00 bits per heavy atom. The van der Waals surface area contributed by atoms with Gasteiger partial charge in [-0.15, -0.1) is 11.8 Å². The molecule has 0 saturated carbocycles. The van der Waals surface area contributed by atoms with Crippen molar-refractivity contribution < 1.29 is 9.50 Å². The van der Waals surface area contributed by atoms with Gasteiger partial charge >= 0.3 is 0 Å². The van der Waals surface area contributed by atoms with E-state index < -0.39 is 12.3 Å². The summed E-state index contributed by atoms with van der Waals surface area (Å²) in [6.07, 6.45) is 1.01. The van der Waals surface area contributed by atoms with Crippen molar-refractivity contribution in [2.24, 2.45) is 0 Å². The highest BCUT2D eigenvalue weighted by Gasteiger charge is 2.36. The molecule has 1 aliphatic rings.